The number of benzene rings is 1. The Labute approximate surface area is 164 Å². The largest absolute Gasteiger partial charge is 0.497 e. The second-order valence-electron chi connectivity index (χ2n) is 5.88. The van der Waals surface area contributed by atoms with Crippen molar-refractivity contribution in [3.05, 3.63) is 39.8 Å². The van der Waals surface area contributed by atoms with Crippen molar-refractivity contribution in [3.63, 3.8) is 0 Å². The first kappa shape index (κ1) is 21.0. The van der Waals surface area contributed by atoms with Crippen molar-refractivity contribution in [2.24, 2.45) is 4.99 Å². The fraction of sp³-hybridized carbons (Fsp3) is 0.474. The van der Waals surface area contributed by atoms with Gasteiger partial charge >= 0.3 is 0 Å². The lowest BCUT2D eigenvalue weighted by Gasteiger charge is -2.16. The first-order valence-electron chi connectivity index (χ1n) is 8.90. The van der Waals surface area contributed by atoms with Crippen LogP contribution in [0.1, 0.15) is 29.3 Å². The molecule has 0 fully saturated rings. The van der Waals surface area contributed by atoms with Crippen LogP contribution in [0.4, 0.5) is 0 Å². The van der Waals surface area contributed by atoms with E-state index < -0.39 is 6.10 Å². The van der Waals surface area contributed by atoms with E-state index in [0.29, 0.717) is 29.6 Å². The number of rotatable bonds is 9. The highest BCUT2D eigenvalue weighted by Crippen LogP contribution is 2.29. The summed E-state index contributed by atoms with van der Waals surface area (Å²) in [5.74, 6) is 1.93. The average Bonchev–Trinajstić information content (AvgIpc) is 3.10. The van der Waals surface area contributed by atoms with Crippen molar-refractivity contribution in [1.29, 1.82) is 0 Å². The van der Waals surface area contributed by atoms with Crippen LogP contribution in [-0.2, 0) is 6.42 Å². The van der Waals surface area contributed by atoms with E-state index in [-0.39, 0.29) is 6.54 Å². The van der Waals surface area contributed by atoms with Crippen LogP contribution in [0.3, 0.4) is 0 Å². The van der Waals surface area contributed by atoms with E-state index in [0.717, 1.165) is 23.7 Å². The highest BCUT2D eigenvalue weighted by Gasteiger charge is 2.14. The number of guanidine groups is 1. The number of aromatic nitrogens is 1. The molecule has 2 aromatic rings. The Hall–Kier alpha value is -2.32. The van der Waals surface area contributed by atoms with Crippen molar-refractivity contribution in [2.75, 3.05) is 33.9 Å². The molecular weight excluding hydrogens is 364 g/mol. The smallest absolute Gasteiger partial charge is 0.191 e. The minimum Gasteiger partial charge on any atom is -0.497 e. The molecule has 0 aliphatic heterocycles. The minimum atomic E-state index is -0.799. The summed E-state index contributed by atoms with van der Waals surface area (Å²) in [4.78, 5) is 8.94. The second kappa shape index (κ2) is 10.7. The Morgan fingerprint density at radius 1 is 1.30 bits per heavy atom. The first-order chi connectivity index (χ1) is 13.1. The highest BCUT2D eigenvalue weighted by atomic mass is 32.1. The summed E-state index contributed by atoms with van der Waals surface area (Å²) >= 11 is 1.65. The lowest BCUT2D eigenvalue weighted by molar-refractivity contribution is 0.182. The maximum Gasteiger partial charge on any atom is 0.191 e. The Balaban J connectivity index is 1.98. The molecular formula is C19H28N4O3S. The van der Waals surface area contributed by atoms with E-state index in [1.165, 1.54) is 0 Å². The zero-order chi connectivity index (χ0) is 19.6. The van der Waals surface area contributed by atoms with Gasteiger partial charge in [0.2, 0.25) is 0 Å². The Bertz CT molecular complexity index is 748. The summed E-state index contributed by atoms with van der Waals surface area (Å²) < 4.78 is 10.6. The van der Waals surface area contributed by atoms with Crippen molar-refractivity contribution in [3.8, 4) is 11.5 Å². The molecule has 3 N–H and O–H groups in total. The van der Waals surface area contributed by atoms with E-state index in [4.69, 9.17) is 9.47 Å². The number of aryl methyl sites for hydroxylation is 1. The van der Waals surface area contributed by atoms with Gasteiger partial charge in [-0.1, -0.05) is 0 Å². The zero-order valence-corrected chi connectivity index (χ0v) is 17.1. The van der Waals surface area contributed by atoms with E-state index in [1.54, 1.807) is 43.8 Å². The molecule has 2 rings (SSSR count). The summed E-state index contributed by atoms with van der Waals surface area (Å²) in [6, 6.07) is 5.34. The Kier molecular flexibility index (Phi) is 8.35. The van der Waals surface area contributed by atoms with Gasteiger partial charge in [0.25, 0.3) is 0 Å². The summed E-state index contributed by atoms with van der Waals surface area (Å²) in [7, 11) is 3.17. The van der Waals surface area contributed by atoms with E-state index >= 15 is 0 Å². The van der Waals surface area contributed by atoms with Gasteiger partial charge in [-0.15, -0.1) is 11.3 Å². The van der Waals surface area contributed by atoms with Gasteiger partial charge in [0.05, 0.1) is 31.5 Å². The van der Waals surface area contributed by atoms with Crippen LogP contribution >= 0.6 is 11.3 Å². The van der Waals surface area contributed by atoms with Crippen LogP contribution in [-0.4, -0.2) is 49.9 Å². The molecule has 148 valence electrons. The first-order valence-corrected chi connectivity index (χ1v) is 9.78. The lowest BCUT2D eigenvalue weighted by atomic mass is 10.1. The molecule has 0 aliphatic rings. The maximum atomic E-state index is 10.6. The molecule has 0 radical (unpaired) electrons. The number of ether oxygens (including phenoxy) is 2. The fourth-order valence-corrected chi connectivity index (χ4v) is 3.20. The third-order valence-corrected chi connectivity index (χ3v) is 4.72. The van der Waals surface area contributed by atoms with Crippen LogP contribution < -0.4 is 20.1 Å². The molecule has 27 heavy (non-hydrogen) atoms. The van der Waals surface area contributed by atoms with Gasteiger partial charge in [-0.3, -0.25) is 4.99 Å². The third kappa shape index (κ3) is 6.41. The summed E-state index contributed by atoms with van der Waals surface area (Å²) in [5.41, 5.74) is 1.72. The fourth-order valence-electron chi connectivity index (χ4n) is 2.55. The summed E-state index contributed by atoms with van der Waals surface area (Å²) in [5, 5.41) is 20.2. The molecule has 0 saturated heterocycles. The molecule has 7 nitrogen and oxygen atoms in total. The van der Waals surface area contributed by atoms with Gasteiger partial charge in [0.15, 0.2) is 5.96 Å². The topological polar surface area (TPSA) is 88.0 Å². The SMILES string of the molecule is CCNC(=NCC(O)c1cc(OC)ccc1OC)NCCc1csc(C)n1. The lowest BCUT2D eigenvalue weighted by Crippen LogP contribution is -2.38. The van der Waals surface area contributed by atoms with Gasteiger partial charge in [-0.2, -0.15) is 0 Å². The van der Waals surface area contributed by atoms with Crippen LogP contribution in [0.15, 0.2) is 28.6 Å². The number of hydrogen-bond donors (Lipinski definition) is 3. The number of aliphatic imine (C=N–C) groups is 1. The number of methoxy groups -OCH3 is 2. The molecule has 0 saturated carbocycles. The Morgan fingerprint density at radius 2 is 2.11 bits per heavy atom. The standard InChI is InChI=1S/C19H28N4O3S/c1-5-20-19(21-9-8-14-12-27-13(2)23-14)22-11-17(24)16-10-15(25-3)6-7-18(16)26-4/h6-7,10,12,17,24H,5,8-9,11H2,1-4H3,(H2,20,21,22). The third-order valence-electron chi connectivity index (χ3n) is 3.90. The van der Waals surface area contributed by atoms with E-state index in [9.17, 15) is 5.11 Å². The molecule has 0 spiro atoms. The van der Waals surface area contributed by atoms with Crippen LogP contribution in [0.5, 0.6) is 11.5 Å². The molecule has 0 aliphatic carbocycles. The molecule has 1 aromatic heterocycles. The molecule has 0 bridgehead atoms. The van der Waals surface area contributed by atoms with Crippen molar-refractivity contribution >= 4 is 17.3 Å². The molecule has 1 unspecified atom stereocenters. The predicted octanol–water partition coefficient (Wildman–Crippen LogP) is 2.30. The average molecular weight is 393 g/mol. The second-order valence-corrected chi connectivity index (χ2v) is 6.94. The van der Waals surface area contributed by atoms with E-state index in [1.807, 2.05) is 13.8 Å². The number of thiazole rings is 1. The molecule has 1 heterocycles. The van der Waals surface area contributed by atoms with Crippen molar-refractivity contribution in [1.82, 2.24) is 15.6 Å². The van der Waals surface area contributed by atoms with Gasteiger partial charge in [0.1, 0.15) is 17.6 Å². The molecule has 1 atom stereocenters. The van der Waals surface area contributed by atoms with E-state index in [2.05, 4.69) is 26.0 Å². The number of nitrogens with one attached hydrogen (secondary N) is 2. The highest BCUT2D eigenvalue weighted by molar-refractivity contribution is 7.09. The maximum absolute atomic E-state index is 10.6. The van der Waals surface area contributed by atoms with Crippen LogP contribution in [0.25, 0.3) is 0 Å². The number of nitrogens with zero attached hydrogens (tertiary/aromatic N) is 2. The zero-order valence-electron chi connectivity index (χ0n) is 16.3. The monoisotopic (exact) mass is 392 g/mol. The molecule has 8 heteroatoms. The molecule has 0 amide bonds. The Morgan fingerprint density at radius 3 is 2.74 bits per heavy atom. The number of hydrogen-bond acceptors (Lipinski definition) is 6. The van der Waals surface area contributed by atoms with Gasteiger partial charge in [0, 0.05) is 30.5 Å². The minimum absolute atomic E-state index is 0.203. The van der Waals surface area contributed by atoms with Crippen molar-refractivity contribution in [2.45, 2.75) is 26.4 Å². The quantitative estimate of drug-likeness (QED) is 0.448. The summed E-state index contributed by atoms with van der Waals surface area (Å²) in [6.07, 6.45) is 0.0211. The molecule has 1 aromatic carbocycles. The van der Waals surface area contributed by atoms with Crippen molar-refractivity contribution < 1.29 is 14.6 Å². The normalized spacial score (nSPS) is 12.6. The van der Waals surface area contributed by atoms with Crippen LogP contribution in [0.2, 0.25) is 0 Å². The van der Waals surface area contributed by atoms with Crippen LogP contribution in [0, 0.1) is 6.92 Å². The van der Waals surface area contributed by atoms with Gasteiger partial charge in [-0.05, 0) is 32.0 Å². The number of aliphatic hydroxyl groups excluding tert-OH is 1. The number of aliphatic hydroxyl groups is 1. The van der Waals surface area contributed by atoms with Gasteiger partial charge in [-0.25, -0.2) is 4.98 Å². The van der Waals surface area contributed by atoms with Gasteiger partial charge < -0.3 is 25.2 Å². The predicted molar refractivity (Wildman–Crippen MR) is 109 cm³/mol. The summed E-state index contributed by atoms with van der Waals surface area (Å²) in [6.45, 7) is 5.66.